The first-order chi connectivity index (χ1) is 5.24. The van der Waals surface area contributed by atoms with Crippen LogP contribution in [0.3, 0.4) is 0 Å². The number of ether oxygens (including phenoxy) is 1. The Morgan fingerprint density at radius 1 is 1.45 bits per heavy atom. The minimum Gasteiger partial charge on any atom is -0.423 e. The third kappa shape index (κ3) is 2.62. The number of carbonyl (C=O) groups is 2. The molecule has 0 spiro atoms. The Morgan fingerprint density at radius 3 is 2.55 bits per heavy atom. The Morgan fingerprint density at radius 2 is 2.09 bits per heavy atom. The van der Waals surface area contributed by atoms with Gasteiger partial charge >= 0.3 is 5.97 Å². The monoisotopic (exact) mass is 155 g/mol. The van der Waals surface area contributed by atoms with Crippen molar-refractivity contribution >= 4 is 11.8 Å². The summed E-state index contributed by atoms with van der Waals surface area (Å²) in [7, 11) is 0. The van der Waals surface area contributed by atoms with Crippen LogP contribution in [0.4, 0.5) is 0 Å². The van der Waals surface area contributed by atoms with Crippen molar-refractivity contribution in [2.45, 2.75) is 19.3 Å². The van der Waals surface area contributed by atoms with Crippen molar-refractivity contribution in [2.75, 3.05) is 6.61 Å². The molecule has 3 nitrogen and oxygen atoms in total. The van der Waals surface area contributed by atoms with Crippen LogP contribution < -0.4 is 0 Å². The average Bonchev–Trinajstić information content (AvgIpc) is 2.67. The number of rotatable bonds is 4. The van der Waals surface area contributed by atoms with Crippen molar-refractivity contribution in [3.05, 3.63) is 6.92 Å². The number of ketones is 1. The lowest BCUT2D eigenvalue weighted by molar-refractivity contribution is -0.145. The van der Waals surface area contributed by atoms with E-state index in [9.17, 15) is 9.59 Å². The third-order valence-electron chi connectivity index (χ3n) is 1.61. The zero-order valence-corrected chi connectivity index (χ0v) is 6.34. The molecule has 1 aliphatic rings. The van der Waals surface area contributed by atoms with Gasteiger partial charge in [-0.15, -0.1) is 0 Å². The maximum absolute atomic E-state index is 11.0. The van der Waals surface area contributed by atoms with Crippen LogP contribution >= 0.6 is 0 Å². The van der Waals surface area contributed by atoms with Gasteiger partial charge < -0.3 is 4.74 Å². The van der Waals surface area contributed by atoms with Gasteiger partial charge in [0.15, 0.2) is 0 Å². The van der Waals surface area contributed by atoms with E-state index in [-0.39, 0.29) is 24.7 Å². The second-order valence-corrected chi connectivity index (χ2v) is 2.64. The van der Waals surface area contributed by atoms with Crippen molar-refractivity contribution in [2.24, 2.45) is 5.92 Å². The van der Waals surface area contributed by atoms with E-state index in [0.717, 1.165) is 12.8 Å². The van der Waals surface area contributed by atoms with Crippen molar-refractivity contribution in [1.82, 2.24) is 0 Å². The summed E-state index contributed by atoms with van der Waals surface area (Å²) in [5.74, 6) is -0.285. The molecule has 11 heavy (non-hydrogen) atoms. The molecule has 0 aromatic carbocycles. The van der Waals surface area contributed by atoms with Gasteiger partial charge in [-0.1, -0.05) is 0 Å². The third-order valence-corrected chi connectivity index (χ3v) is 1.61. The molecule has 0 unspecified atom stereocenters. The molecule has 3 heteroatoms. The van der Waals surface area contributed by atoms with Crippen LogP contribution in [-0.2, 0) is 14.3 Å². The van der Waals surface area contributed by atoms with E-state index in [2.05, 4.69) is 11.7 Å². The van der Waals surface area contributed by atoms with E-state index in [1.54, 1.807) is 0 Å². The van der Waals surface area contributed by atoms with Gasteiger partial charge in [-0.25, -0.2) is 0 Å². The first kappa shape index (κ1) is 8.11. The fourth-order valence-corrected chi connectivity index (χ4v) is 0.857. The maximum atomic E-state index is 11.0. The molecule has 0 aromatic heterocycles. The predicted molar refractivity (Wildman–Crippen MR) is 38.7 cm³/mol. The summed E-state index contributed by atoms with van der Waals surface area (Å²) in [6.45, 7) is 3.45. The van der Waals surface area contributed by atoms with E-state index < -0.39 is 5.97 Å². The van der Waals surface area contributed by atoms with Crippen molar-refractivity contribution in [3.63, 3.8) is 0 Å². The second kappa shape index (κ2) is 3.42. The van der Waals surface area contributed by atoms with Crippen LogP contribution in [0, 0.1) is 12.8 Å². The molecule has 1 aliphatic carbocycles. The first-order valence-electron chi connectivity index (χ1n) is 3.71. The molecular weight excluding hydrogens is 144 g/mol. The van der Waals surface area contributed by atoms with Crippen molar-refractivity contribution < 1.29 is 14.3 Å². The van der Waals surface area contributed by atoms with Gasteiger partial charge in [0, 0.05) is 5.92 Å². The molecule has 0 aliphatic heterocycles. The number of hydrogen-bond acceptors (Lipinski definition) is 3. The molecule has 0 atom stereocenters. The minimum absolute atomic E-state index is 0.0171. The molecule has 1 saturated carbocycles. The molecule has 0 heterocycles. The fraction of sp³-hybridized carbons (Fsp3) is 0.625. The van der Waals surface area contributed by atoms with E-state index >= 15 is 0 Å². The van der Waals surface area contributed by atoms with E-state index in [1.165, 1.54) is 0 Å². The Labute approximate surface area is 65.7 Å². The lowest BCUT2D eigenvalue weighted by atomic mass is 10.2. The van der Waals surface area contributed by atoms with Crippen LogP contribution in [0.2, 0.25) is 0 Å². The molecule has 0 N–H and O–H groups in total. The quantitative estimate of drug-likeness (QED) is 0.341. The number of carbonyl (C=O) groups excluding carboxylic acids is 2. The zero-order chi connectivity index (χ0) is 8.27. The standard InChI is InChI=1S/C8H11O3/c1-2-11-8(10)5-7(9)6-3-4-6/h6H,1-5H2/q+1. The lowest BCUT2D eigenvalue weighted by Crippen LogP contribution is -2.12. The van der Waals surface area contributed by atoms with E-state index in [0.29, 0.717) is 0 Å². The Hall–Kier alpha value is -0.990. The smallest absolute Gasteiger partial charge is 0.316 e. The molecule has 1 rings (SSSR count). The van der Waals surface area contributed by atoms with Gasteiger partial charge in [0.1, 0.15) is 19.1 Å². The second-order valence-electron chi connectivity index (χ2n) is 2.64. The summed E-state index contributed by atoms with van der Waals surface area (Å²) < 4.78 is 4.52. The van der Waals surface area contributed by atoms with Crippen LogP contribution in [-0.4, -0.2) is 18.4 Å². The van der Waals surface area contributed by atoms with Crippen molar-refractivity contribution in [1.29, 1.82) is 0 Å². The van der Waals surface area contributed by atoms with Gasteiger partial charge in [-0.3, -0.25) is 9.59 Å². The summed E-state index contributed by atoms with van der Waals surface area (Å²) in [4.78, 5) is 21.7. The molecule has 60 valence electrons. The van der Waals surface area contributed by atoms with Gasteiger partial charge in [-0.2, -0.15) is 0 Å². The predicted octanol–water partition coefficient (Wildman–Crippen LogP) is 0.733. The molecule has 0 radical (unpaired) electrons. The zero-order valence-electron chi connectivity index (χ0n) is 6.34. The molecule has 1 fully saturated rings. The summed E-state index contributed by atoms with van der Waals surface area (Å²) in [5, 5.41) is 0. The number of esters is 1. The minimum atomic E-state index is -0.447. The highest BCUT2D eigenvalue weighted by Crippen LogP contribution is 2.30. The van der Waals surface area contributed by atoms with Crippen LogP contribution in [0.1, 0.15) is 19.3 Å². The van der Waals surface area contributed by atoms with Gasteiger partial charge in [0.05, 0.1) is 0 Å². The molecule has 0 amide bonds. The lowest BCUT2D eigenvalue weighted by Gasteiger charge is -1.96. The largest absolute Gasteiger partial charge is 0.423 e. The Balaban J connectivity index is 2.17. The van der Waals surface area contributed by atoms with Gasteiger partial charge in [-0.05, 0) is 12.8 Å². The molecular formula is C8H11O3+. The normalized spacial score (nSPS) is 16.0. The Bertz CT molecular complexity index is 170. The average molecular weight is 155 g/mol. The molecule has 0 bridgehead atoms. The van der Waals surface area contributed by atoms with Gasteiger partial charge in [0.2, 0.25) is 6.61 Å². The number of hydrogen-bond donors (Lipinski definition) is 0. The highest BCUT2D eigenvalue weighted by molar-refractivity contribution is 5.97. The highest BCUT2D eigenvalue weighted by Gasteiger charge is 2.30. The maximum Gasteiger partial charge on any atom is 0.316 e. The summed E-state index contributed by atoms with van der Waals surface area (Å²) >= 11 is 0. The molecule has 0 saturated heterocycles. The van der Waals surface area contributed by atoms with E-state index in [1.807, 2.05) is 0 Å². The summed E-state index contributed by atoms with van der Waals surface area (Å²) in [5.41, 5.74) is 0. The SMILES string of the molecule is [CH2+]COC(=O)CC(=O)C1CC1. The summed E-state index contributed by atoms with van der Waals surface area (Å²) in [6, 6.07) is 0. The van der Waals surface area contributed by atoms with Crippen LogP contribution in [0.15, 0.2) is 0 Å². The fourth-order valence-electron chi connectivity index (χ4n) is 0.857. The molecule has 0 aromatic rings. The van der Waals surface area contributed by atoms with Gasteiger partial charge in [0.25, 0.3) is 0 Å². The highest BCUT2D eigenvalue weighted by atomic mass is 16.5. The van der Waals surface area contributed by atoms with Crippen LogP contribution in [0.25, 0.3) is 0 Å². The Kier molecular flexibility index (Phi) is 2.52. The van der Waals surface area contributed by atoms with Crippen LogP contribution in [0.5, 0.6) is 0 Å². The number of Topliss-reactive ketones (excluding diaryl/α,β-unsaturated/α-hetero) is 1. The van der Waals surface area contributed by atoms with E-state index in [4.69, 9.17) is 0 Å². The first-order valence-corrected chi connectivity index (χ1v) is 3.71. The van der Waals surface area contributed by atoms with Crippen molar-refractivity contribution in [3.8, 4) is 0 Å². The topological polar surface area (TPSA) is 43.4 Å². The summed E-state index contributed by atoms with van der Waals surface area (Å²) in [6.07, 6.45) is 1.81.